The first-order chi connectivity index (χ1) is 19.2. The average molecular weight is 551 g/mol. The fraction of sp³-hybridized carbons (Fsp3) is 0.765. The normalized spacial score (nSPS) is 42.1. The third-order valence-corrected chi connectivity index (χ3v) is 12.2. The molecule has 9 rings (SSSR count). The van der Waals surface area contributed by atoms with E-state index in [1.807, 2.05) is 12.1 Å². The molecule has 8 aliphatic rings. The molecule has 218 valence electrons. The van der Waals surface area contributed by atoms with Crippen molar-refractivity contribution in [3.05, 3.63) is 23.8 Å². The lowest BCUT2D eigenvalue weighted by atomic mass is 9.50. The van der Waals surface area contributed by atoms with Crippen molar-refractivity contribution >= 4 is 11.9 Å². The van der Waals surface area contributed by atoms with Crippen LogP contribution in [0, 0.1) is 47.3 Å². The molecule has 6 nitrogen and oxygen atoms in total. The number of carbonyl (C=O) groups excluding carboxylic acids is 2. The minimum Gasteiger partial charge on any atom is -0.482 e. The highest BCUT2D eigenvalue weighted by Gasteiger charge is 2.58. The van der Waals surface area contributed by atoms with Crippen LogP contribution >= 0.6 is 0 Å². The first-order valence-corrected chi connectivity index (χ1v) is 16.0. The van der Waals surface area contributed by atoms with Gasteiger partial charge in [-0.25, -0.2) is 9.59 Å². The van der Waals surface area contributed by atoms with Gasteiger partial charge in [0, 0.05) is 6.07 Å². The number of esters is 2. The van der Waals surface area contributed by atoms with Crippen LogP contribution in [0.4, 0.5) is 0 Å². The molecule has 8 bridgehead atoms. The van der Waals surface area contributed by atoms with Crippen LogP contribution in [0.5, 0.6) is 11.5 Å². The fourth-order valence-electron chi connectivity index (χ4n) is 10.4. The van der Waals surface area contributed by atoms with Crippen LogP contribution in [0.3, 0.4) is 0 Å². The summed E-state index contributed by atoms with van der Waals surface area (Å²) in [4.78, 5) is 25.9. The van der Waals surface area contributed by atoms with Gasteiger partial charge in [-0.05, 0) is 150 Å². The van der Waals surface area contributed by atoms with E-state index in [1.54, 1.807) is 6.07 Å². The maximum atomic E-state index is 13.0. The molecule has 1 aromatic carbocycles. The van der Waals surface area contributed by atoms with Crippen molar-refractivity contribution < 1.29 is 28.5 Å². The van der Waals surface area contributed by atoms with Gasteiger partial charge in [-0.2, -0.15) is 0 Å². The Kier molecular flexibility index (Phi) is 6.62. The zero-order valence-electron chi connectivity index (χ0n) is 24.5. The average Bonchev–Trinajstić information content (AvgIpc) is 2.92. The van der Waals surface area contributed by atoms with E-state index in [1.165, 1.54) is 64.2 Å². The molecule has 8 fully saturated rings. The number of hydrogen-bond donors (Lipinski definition) is 0. The number of ether oxygens (including phenoxy) is 4. The van der Waals surface area contributed by atoms with Crippen LogP contribution < -0.4 is 9.47 Å². The van der Waals surface area contributed by atoms with Crippen molar-refractivity contribution in [3.8, 4) is 11.5 Å². The molecule has 0 radical (unpaired) electrons. The third-order valence-electron chi connectivity index (χ3n) is 12.2. The Labute approximate surface area is 238 Å². The van der Waals surface area contributed by atoms with Gasteiger partial charge < -0.3 is 18.9 Å². The third kappa shape index (κ3) is 4.71. The van der Waals surface area contributed by atoms with Gasteiger partial charge in [0.15, 0.2) is 13.2 Å². The summed E-state index contributed by atoms with van der Waals surface area (Å²) in [5, 5.41) is 0. The number of carbonyl (C=O) groups is 2. The molecule has 0 unspecified atom stereocenters. The highest BCUT2D eigenvalue weighted by Crippen LogP contribution is 2.60. The van der Waals surface area contributed by atoms with Crippen LogP contribution in [-0.2, 0) is 25.5 Å². The van der Waals surface area contributed by atoms with Crippen molar-refractivity contribution in [1.29, 1.82) is 0 Å². The Balaban J connectivity index is 0.942. The van der Waals surface area contributed by atoms with Crippen molar-refractivity contribution in [2.75, 3.05) is 13.2 Å². The maximum Gasteiger partial charge on any atom is 0.344 e. The molecule has 8 saturated carbocycles. The van der Waals surface area contributed by atoms with Crippen LogP contribution in [0.25, 0.3) is 0 Å². The molecule has 1 aromatic rings. The number of aryl methyl sites for hydroxylation is 1. The van der Waals surface area contributed by atoms with Crippen LogP contribution in [0.2, 0.25) is 0 Å². The maximum absolute atomic E-state index is 13.0. The Morgan fingerprint density at radius 1 is 0.625 bits per heavy atom. The standard InChI is InChI=1S/C34H46O6/c1-4-20-15-29(37-18-31(35)39-33(2)25-7-21-5-22(9-25)10-26(33)8-21)17-30(16-20)38-19-32(36)40-34(3)27-11-23-6-24(13-27)14-28(34)12-23/h15-17,21-28H,4-14,18-19H2,1-3H3. The first kappa shape index (κ1) is 26.6. The second kappa shape index (κ2) is 9.94. The van der Waals surface area contributed by atoms with Crippen molar-refractivity contribution in [3.63, 3.8) is 0 Å². The van der Waals surface area contributed by atoms with Crippen LogP contribution in [0.1, 0.15) is 90.5 Å². The highest BCUT2D eigenvalue weighted by molar-refractivity contribution is 5.72. The Morgan fingerprint density at radius 3 is 1.30 bits per heavy atom. The minimum absolute atomic E-state index is 0.125. The monoisotopic (exact) mass is 550 g/mol. The van der Waals surface area contributed by atoms with E-state index in [-0.39, 0.29) is 36.4 Å². The molecule has 0 atom stereocenters. The van der Waals surface area contributed by atoms with E-state index in [2.05, 4.69) is 20.8 Å². The van der Waals surface area contributed by atoms with Gasteiger partial charge in [-0.1, -0.05) is 6.92 Å². The molecule has 8 aliphatic carbocycles. The molecular formula is C34H46O6. The predicted octanol–water partition coefficient (Wildman–Crippen LogP) is 6.52. The lowest BCUT2D eigenvalue weighted by Gasteiger charge is -2.59. The molecule has 0 amide bonds. The largest absolute Gasteiger partial charge is 0.482 e. The van der Waals surface area contributed by atoms with Crippen molar-refractivity contribution in [2.45, 2.75) is 103 Å². The SMILES string of the molecule is CCc1cc(OCC(=O)OC2(C)C3CC4CC(C3)CC2C4)cc(OCC(=O)OC2(C)C3CC4CC(C3)CC2C4)c1. The van der Waals surface area contributed by atoms with E-state index in [0.29, 0.717) is 35.2 Å². The molecule has 0 aliphatic heterocycles. The van der Waals surface area contributed by atoms with Gasteiger partial charge in [0.2, 0.25) is 0 Å². The molecule has 40 heavy (non-hydrogen) atoms. The lowest BCUT2D eigenvalue weighted by molar-refractivity contribution is -0.205. The second-order valence-corrected chi connectivity index (χ2v) is 14.7. The molecular weight excluding hydrogens is 504 g/mol. The zero-order chi connectivity index (χ0) is 27.6. The molecule has 6 heteroatoms. The quantitative estimate of drug-likeness (QED) is 0.326. The summed E-state index contributed by atoms with van der Waals surface area (Å²) < 4.78 is 24.2. The fourth-order valence-corrected chi connectivity index (χ4v) is 10.4. The Hall–Kier alpha value is -2.24. The predicted molar refractivity (Wildman–Crippen MR) is 150 cm³/mol. The zero-order valence-corrected chi connectivity index (χ0v) is 24.5. The Morgan fingerprint density at radius 2 is 0.975 bits per heavy atom. The first-order valence-electron chi connectivity index (χ1n) is 16.0. The summed E-state index contributed by atoms with van der Waals surface area (Å²) in [7, 11) is 0. The van der Waals surface area contributed by atoms with Gasteiger partial charge in [-0.3, -0.25) is 0 Å². The van der Waals surface area contributed by atoms with Crippen molar-refractivity contribution in [1.82, 2.24) is 0 Å². The van der Waals surface area contributed by atoms with E-state index >= 15 is 0 Å². The number of benzene rings is 1. The van der Waals surface area contributed by atoms with Gasteiger partial charge >= 0.3 is 11.9 Å². The lowest BCUT2D eigenvalue weighted by Crippen LogP contribution is -2.58. The summed E-state index contributed by atoms with van der Waals surface area (Å²) >= 11 is 0. The van der Waals surface area contributed by atoms with E-state index in [0.717, 1.165) is 35.7 Å². The Bertz CT molecular complexity index is 1010. The van der Waals surface area contributed by atoms with Crippen LogP contribution in [0.15, 0.2) is 18.2 Å². The smallest absolute Gasteiger partial charge is 0.344 e. The summed E-state index contributed by atoms with van der Waals surface area (Å²) in [5.41, 5.74) is 0.304. The van der Waals surface area contributed by atoms with Gasteiger partial charge in [0.05, 0.1) is 0 Å². The summed E-state index contributed by atoms with van der Waals surface area (Å²) in [6.07, 6.45) is 13.1. The molecule has 0 spiro atoms. The van der Waals surface area contributed by atoms with Crippen LogP contribution in [-0.4, -0.2) is 36.4 Å². The summed E-state index contributed by atoms with van der Waals surface area (Å²) in [5.74, 6) is 5.76. The summed E-state index contributed by atoms with van der Waals surface area (Å²) in [6.45, 7) is 6.12. The van der Waals surface area contributed by atoms with E-state index in [9.17, 15) is 9.59 Å². The van der Waals surface area contributed by atoms with Crippen molar-refractivity contribution in [2.24, 2.45) is 47.3 Å². The minimum atomic E-state index is -0.359. The molecule has 0 aromatic heterocycles. The number of hydrogen-bond acceptors (Lipinski definition) is 6. The number of rotatable bonds is 9. The van der Waals surface area contributed by atoms with Gasteiger partial charge in [-0.15, -0.1) is 0 Å². The second-order valence-electron chi connectivity index (χ2n) is 14.7. The van der Waals surface area contributed by atoms with Gasteiger partial charge in [0.1, 0.15) is 22.7 Å². The molecule has 0 heterocycles. The van der Waals surface area contributed by atoms with E-state index < -0.39 is 0 Å². The summed E-state index contributed by atoms with van der Waals surface area (Å²) in [6, 6.07) is 5.62. The molecule has 0 saturated heterocycles. The molecule has 0 N–H and O–H groups in total. The topological polar surface area (TPSA) is 71.1 Å². The van der Waals surface area contributed by atoms with E-state index in [4.69, 9.17) is 18.9 Å². The highest BCUT2D eigenvalue weighted by atomic mass is 16.6. The van der Waals surface area contributed by atoms with Gasteiger partial charge in [0.25, 0.3) is 0 Å².